The normalized spacial score (nSPS) is 10.3. The van der Waals surface area contributed by atoms with Gasteiger partial charge in [0.15, 0.2) is 0 Å². The van der Waals surface area contributed by atoms with Crippen LogP contribution in [0.3, 0.4) is 0 Å². The van der Waals surface area contributed by atoms with Gasteiger partial charge in [-0.25, -0.2) is 4.79 Å². The van der Waals surface area contributed by atoms with Gasteiger partial charge in [-0.05, 0) is 6.42 Å². The first-order chi connectivity index (χ1) is 13.6. The molecule has 0 aromatic rings. The number of unbranched alkanes of at least 4 members (excludes halogenated alkanes) is 1. The summed E-state index contributed by atoms with van der Waals surface area (Å²) in [5.41, 5.74) is 0. The number of hydrogen-bond donors (Lipinski definition) is 0. The topological polar surface area (TPSA) is 107 Å². The minimum Gasteiger partial charge on any atom is -0.463 e. The summed E-state index contributed by atoms with van der Waals surface area (Å²) in [4.78, 5) is 33.6. The Labute approximate surface area is 166 Å². The van der Waals surface area contributed by atoms with Gasteiger partial charge in [0.25, 0.3) is 0 Å². The van der Waals surface area contributed by atoms with Gasteiger partial charge in [0.05, 0.1) is 45.9 Å². The lowest BCUT2D eigenvalue weighted by Crippen LogP contribution is -2.16. The van der Waals surface area contributed by atoms with Crippen LogP contribution in [-0.4, -0.2) is 77.4 Å². The van der Waals surface area contributed by atoms with Gasteiger partial charge in [-0.2, -0.15) is 0 Å². The van der Waals surface area contributed by atoms with E-state index in [0.29, 0.717) is 13.2 Å². The van der Waals surface area contributed by atoms with E-state index in [-0.39, 0.29) is 65.1 Å². The standard InChI is InChI=1S/C19H32O9/c1-3-5-8-23-11-15-27-18(21)7-10-25-13-16-28-19(22)6-9-24-12-14-26-17(20)4-2/h4H,2-3,5-16H2,1H3. The van der Waals surface area contributed by atoms with E-state index < -0.39 is 11.9 Å². The van der Waals surface area contributed by atoms with Crippen molar-refractivity contribution in [1.29, 1.82) is 0 Å². The average molecular weight is 404 g/mol. The third kappa shape index (κ3) is 18.8. The monoisotopic (exact) mass is 404 g/mol. The van der Waals surface area contributed by atoms with Gasteiger partial charge in [0.2, 0.25) is 0 Å². The van der Waals surface area contributed by atoms with E-state index >= 15 is 0 Å². The van der Waals surface area contributed by atoms with Gasteiger partial charge < -0.3 is 28.4 Å². The minimum absolute atomic E-state index is 0.0854. The van der Waals surface area contributed by atoms with Crippen LogP contribution in [0.1, 0.15) is 32.6 Å². The van der Waals surface area contributed by atoms with Crippen molar-refractivity contribution in [3.8, 4) is 0 Å². The van der Waals surface area contributed by atoms with Crippen LogP contribution in [0.4, 0.5) is 0 Å². The highest BCUT2D eigenvalue weighted by Crippen LogP contribution is 1.93. The number of carbonyl (C=O) groups is 3. The summed E-state index contributed by atoms with van der Waals surface area (Å²) in [5, 5.41) is 0. The quantitative estimate of drug-likeness (QED) is 0.137. The van der Waals surface area contributed by atoms with Crippen molar-refractivity contribution in [2.75, 3.05) is 59.5 Å². The highest BCUT2D eigenvalue weighted by Gasteiger charge is 2.05. The molecule has 0 aromatic carbocycles. The van der Waals surface area contributed by atoms with Crippen molar-refractivity contribution in [3.63, 3.8) is 0 Å². The van der Waals surface area contributed by atoms with Crippen molar-refractivity contribution >= 4 is 17.9 Å². The fraction of sp³-hybridized carbons (Fsp3) is 0.737. The molecule has 9 heteroatoms. The Morgan fingerprint density at radius 2 is 1.14 bits per heavy atom. The van der Waals surface area contributed by atoms with E-state index in [1.807, 2.05) is 0 Å². The summed E-state index contributed by atoms with van der Waals surface area (Å²) >= 11 is 0. The second-order valence-electron chi connectivity index (χ2n) is 5.50. The molecular formula is C19H32O9. The van der Waals surface area contributed by atoms with Crippen molar-refractivity contribution in [1.82, 2.24) is 0 Å². The largest absolute Gasteiger partial charge is 0.463 e. The van der Waals surface area contributed by atoms with Crippen LogP contribution in [0.2, 0.25) is 0 Å². The Bertz CT molecular complexity index is 437. The van der Waals surface area contributed by atoms with Crippen LogP contribution < -0.4 is 0 Å². The Balaban J connectivity index is 3.34. The molecule has 0 N–H and O–H groups in total. The lowest BCUT2D eigenvalue weighted by atomic mass is 10.4. The van der Waals surface area contributed by atoms with Crippen LogP contribution in [-0.2, 0) is 42.8 Å². The molecule has 0 amide bonds. The predicted octanol–water partition coefficient (Wildman–Crippen LogP) is 1.43. The maximum atomic E-state index is 11.4. The van der Waals surface area contributed by atoms with Crippen LogP contribution in [0.15, 0.2) is 12.7 Å². The Hall–Kier alpha value is -1.97. The summed E-state index contributed by atoms with van der Waals surface area (Å²) in [6, 6.07) is 0. The first-order valence-electron chi connectivity index (χ1n) is 9.43. The molecule has 0 saturated carbocycles. The number of ether oxygens (including phenoxy) is 6. The zero-order valence-electron chi connectivity index (χ0n) is 16.7. The molecule has 0 bridgehead atoms. The zero-order chi connectivity index (χ0) is 20.9. The molecule has 0 heterocycles. The molecule has 0 atom stereocenters. The molecule has 0 aliphatic rings. The summed E-state index contributed by atoms with van der Waals surface area (Å²) in [6.45, 7) is 7.58. The Morgan fingerprint density at radius 1 is 0.679 bits per heavy atom. The lowest BCUT2D eigenvalue weighted by Gasteiger charge is -2.08. The van der Waals surface area contributed by atoms with Crippen LogP contribution in [0.25, 0.3) is 0 Å². The zero-order valence-corrected chi connectivity index (χ0v) is 16.7. The summed E-state index contributed by atoms with van der Waals surface area (Å²) in [7, 11) is 0. The Kier molecular flexibility index (Phi) is 18.4. The molecule has 0 aliphatic carbocycles. The molecule has 0 rings (SSSR count). The molecule has 9 nitrogen and oxygen atoms in total. The van der Waals surface area contributed by atoms with E-state index in [9.17, 15) is 14.4 Å². The molecule has 0 unspecified atom stereocenters. The maximum absolute atomic E-state index is 11.4. The van der Waals surface area contributed by atoms with Crippen molar-refractivity contribution in [2.24, 2.45) is 0 Å². The van der Waals surface area contributed by atoms with Gasteiger partial charge in [-0.1, -0.05) is 19.9 Å². The van der Waals surface area contributed by atoms with Crippen molar-refractivity contribution in [2.45, 2.75) is 32.6 Å². The fourth-order valence-corrected chi connectivity index (χ4v) is 1.70. The molecule has 0 saturated heterocycles. The van der Waals surface area contributed by atoms with Gasteiger partial charge >= 0.3 is 17.9 Å². The molecule has 0 fully saturated rings. The van der Waals surface area contributed by atoms with E-state index in [0.717, 1.165) is 18.9 Å². The average Bonchev–Trinajstić information content (AvgIpc) is 2.69. The SMILES string of the molecule is C=CC(=O)OCCOCCC(=O)OCCOCCC(=O)OCCOCCCC. The molecular weight excluding hydrogens is 372 g/mol. The fourth-order valence-electron chi connectivity index (χ4n) is 1.70. The molecule has 162 valence electrons. The first kappa shape index (κ1) is 26.0. The van der Waals surface area contributed by atoms with Crippen molar-refractivity contribution in [3.05, 3.63) is 12.7 Å². The lowest BCUT2D eigenvalue weighted by molar-refractivity contribution is -0.149. The van der Waals surface area contributed by atoms with E-state index in [2.05, 4.69) is 13.5 Å². The van der Waals surface area contributed by atoms with E-state index in [4.69, 9.17) is 28.4 Å². The summed E-state index contributed by atoms with van der Waals surface area (Å²) in [6.07, 6.45) is 3.34. The van der Waals surface area contributed by atoms with Crippen LogP contribution in [0, 0.1) is 0 Å². The number of rotatable bonds is 19. The summed E-state index contributed by atoms with van der Waals surface area (Å²) in [5.74, 6) is -1.30. The second-order valence-corrected chi connectivity index (χ2v) is 5.50. The van der Waals surface area contributed by atoms with Crippen LogP contribution >= 0.6 is 0 Å². The maximum Gasteiger partial charge on any atom is 0.330 e. The molecule has 0 aliphatic heterocycles. The molecule has 0 aromatic heterocycles. The van der Waals surface area contributed by atoms with Gasteiger partial charge in [0.1, 0.15) is 19.8 Å². The van der Waals surface area contributed by atoms with Gasteiger partial charge in [0, 0.05) is 12.7 Å². The number of hydrogen-bond acceptors (Lipinski definition) is 9. The third-order valence-corrected chi connectivity index (χ3v) is 3.16. The number of esters is 3. The Morgan fingerprint density at radius 3 is 1.61 bits per heavy atom. The highest BCUT2D eigenvalue weighted by molar-refractivity contribution is 5.81. The minimum atomic E-state index is -0.521. The van der Waals surface area contributed by atoms with Gasteiger partial charge in [-0.15, -0.1) is 0 Å². The van der Waals surface area contributed by atoms with E-state index in [1.165, 1.54) is 0 Å². The van der Waals surface area contributed by atoms with Crippen LogP contribution in [0.5, 0.6) is 0 Å². The third-order valence-electron chi connectivity index (χ3n) is 3.16. The second kappa shape index (κ2) is 19.8. The number of carbonyl (C=O) groups excluding carboxylic acids is 3. The molecule has 0 spiro atoms. The highest BCUT2D eigenvalue weighted by atomic mass is 16.6. The molecule has 28 heavy (non-hydrogen) atoms. The smallest absolute Gasteiger partial charge is 0.330 e. The molecule has 0 radical (unpaired) electrons. The van der Waals surface area contributed by atoms with Gasteiger partial charge in [-0.3, -0.25) is 9.59 Å². The van der Waals surface area contributed by atoms with E-state index in [1.54, 1.807) is 0 Å². The van der Waals surface area contributed by atoms with Crippen molar-refractivity contribution < 1.29 is 42.8 Å². The predicted molar refractivity (Wildman–Crippen MR) is 99.7 cm³/mol. The summed E-state index contributed by atoms with van der Waals surface area (Å²) < 4.78 is 30.2. The first-order valence-corrected chi connectivity index (χ1v) is 9.43.